The minimum atomic E-state index is -0.410. The quantitative estimate of drug-likeness (QED) is 0.109. The number of nitrogens with one attached hydrogen (secondary N) is 1. The van der Waals surface area contributed by atoms with Gasteiger partial charge in [-0.15, -0.1) is 0 Å². The maximum Gasteiger partial charge on any atom is 0.317 e. The maximum atomic E-state index is 15.9. The summed E-state index contributed by atoms with van der Waals surface area (Å²) in [6, 6.07) is 11.7. The van der Waals surface area contributed by atoms with Gasteiger partial charge in [-0.05, 0) is 98.1 Å². The number of aromatic amines is 1. The number of ether oxygens (including phenoxy) is 3. The molecule has 2 aromatic heterocycles. The Kier molecular flexibility index (Phi) is 12.4. The van der Waals surface area contributed by atoms with Gasteiger partial charge in [-0.1, -0.05) is 52.0 Å². The normalized spacial score (nSPS) is 18.9. The van der Waals surface area contributed by atoms with Crippen LogP contribution in [0, 0.1) is 18.7 Å². The number of amides is 1. The summed E-state index contributed by atoms with van der Waals surface area (Å²) in [7, 11) is 1.98. The molecule has 2 unspecified atom stereocenters. The summed E-state index contributed by atoms with van der Waals surface area (Å²) in [5.41, 5.74) is 8.40. The molecule has 3 aliphatic heterocycles. The Morgan fingerprint density at radius 2 is 1.72 bits per heavy atom. The molecule has 1 amide bonds. The molecule has 3 aromatic carbocycles. The zero-order chi connectivity index (χ0) is 44.8. The molecule has 64 heavy (non-hydrogen) atoms. The molecule has 1 N–H and O–H groups in total. The van der Waals surface area contributed by atoms with Crippen LogP contribution in [0.2, 0.25) is 0 Å². The number of carbonyl (C=O) groups excluding carboxylic acids is 2. The SMILES string of the molecule is CC(=O)C1CCCN1C(=O)C(C(C)C)N(C)/C=C(/c1ccc(COc2c(-c3c(C)c(F)cc4[nH]ncc34)c(C3CC3)cc3c(C(C)C)nc(OC4CCOCC4)nc23)cc1)N1CCC1. The summed E-state index contributed by atoms with van der Waals surface area (Å²) in [4.78, 5) is 42.9. The van der Waals surface area contributed by atoms with Gasteiger partial charge in [0.2, 0.25) is 5.91 Å². The minimum absolute atomic E-state index is 0.00884. The van der Waals surface area contributed by atoms with Crippen LogP contribution in [0.5, 0.6) is 11.8 Å². The predicted molar refractivity (Wildman–Crippen MR) is 247 cm³/mol. The number of benzene rings is 3. The second kappa shape index (κ2) is 18.1. The van der Waals surface area contributed by atoms with Gasteiger partial charge in [0, 0.05) is 67.6 Å². The average molecular weight is 872 g/mol. The van der Waals surface area contributed by atoms with Crippen LogP contribution in [0.4, 0.5) is 4.39 Å². The van der Waals surface area contributed by atoms with E-state index in [0.29, 0.717) is 48.1 Å². The number of likely N-dealkylation sites (N-methyl/N-ethyl adjacent to an activating group) is 1. The lowest BCUT2D eigenvalue weighted by atomic mass is 9.88. The molecule has 9 rings (SSSR count). The molecule has 2 atom stereocenters. The summed E-state index contributed by atoms with van der Waals surface area (Å²) in [6.45, 7) is 15.8. The van der Waals surface area contributed by atoms with Crippen molar-refractivity contribution >= 4 is 39.2 Å². The second-order valence-corrected chi connectivity index (χ2v) is 19.0. The van der Waals surface area contributed by atoms with Crippen molar-refractivity contribution in [2.75, 3.05) is 39.9 Å². The van der Waals surface area contributed by atoms with Crippen LogP contribution in [-0.4, -0.2) is 105 Å². The van der Waals surface area contributed by atoms with Crippen molar-refractivity contribution < 1.29 is 28.2 Å². The molecule has 5 heterocycles. The van der Waals surface area contributed by atoms with E-state index in [2.05, 4.69) is 79.3 Å². The number of aromatic nitrogens is 4. The third kappa shape index (κ3) is 8.55. The molecular weight excluding hydrogens is 810 g/mol. The fraction of sp³-hybridized carbons (Fsp3) is 0.510. The zero-order valence-corrected chi connectivity index (χ0v) is 38.4. The van der Waals surface area contributed by atoms with Crippen LogP contribution in [0.25, 0.3) is 38.6 Å². The number of Topliss-reactive ketones (excluding diaryl/α,β-unsaturated/α-hetero) is 1. The van der Waals surface area contributed by atoms with Gasteiger partial charge in [-0.25, -0.2) is 4.39 Å². The lowest BCUT2D eigenvalue weighted by molar-refractivity contribution is -0.141. The minimum Gasteiger partial charge on any atom is -0.486 e. The van der Waals surface area contributed by atoms with Crippen molar-refractivity contribution in [2.45, 2.75) is 123 Å². The van der Waals surface area contributed by atoms with Gasteiger partial charge in [0.05, 0.1) is 42.4 Å². The van der Waals surface area contributed by atoms with Gasteiger partial charge in [0.25, 0.3) is 0 Å². The Hall–Kier alpha value is -5.56. The van der Waals surface area contributed by atoms with Crippen LogP contribution >= 0.6 is 0 Å². The van der Waals surface area contributed by atoms with Gasteiger partial charge < -0.3 is 28.9 Å². The van der Waals surface area contributed by atoms with E-state index < -0.39 is 6.04 Å². The molecule has 1 aliphatic carbocycles. The molecule has 0 spiro atoms. The van der Waals surface area contributed by atoms with Crippen molar-refractivity contribution in [2.24, 2.45) is 5.92 Å². The van der Waals surface area contributed by atoms with Gasteiger partial charge in [0.1, 0.15) is 30.1 Å². The summed E-state index contributed by atoms with van der Waals surface area (Å²) in [5, 5.41) is 9.09. The largest absolute Gasteiger partial charge is 0.486 e. The molecule has 1 saturated carbocycles. The van der Waals surface area contributed by atoms with E-state index >= 15 is 4.39 Å². The highest BCUT2D eigenvalue weighted by Gasteiger charge is 2.38. The fourth-order valence-electron chi connectivity index (χ4n) is 9.94. The van der Waals surface area contributed by atoms with Crippen molar-refractivity contribution in [3.05, 3.63) is 82.6 Å². The maximum absolute atomic E-state index is 15.9. The number of nitrogens with zero attached hydrogens (tertiary/aromatic N) is 6. The molecule has 338 valence electrons. The second-order valence-electron chi connectivity index (χ2n) is 19.0. The molecule has 4 fully saturated rings. The smallest absolute Gasteiger partial charge is 0.317 e. The van der Waals surface area contributed by atoms with E-state index in [1.165, 1.54) is 6.07 Å². The molecule has 0 radical (unpaired) electrons. The summed E-state index contributed by atoms with van der Waals surface area (Å²) in [6.07, 6.45) is 10.0. The van der Waals surface area contributed by atoms with Crippen molar-refractivity contribution in [1.82, 2.24) is 34.9 Å². The number of H-pyrrole nitrogens is 1. The number of halogens is 1. The Labute approximate surface area is 375 Å². The first-order chi connectivity index (χ1) is 30.9. The van der Waals surface area contributed by atoms with Crippen LogP contribution < -0.4 is 9.47 Å². The first-order valence-electron chi connectivity index (χ1n) is 23.3. The van der Waals surface area contributed by atoms with E-state index in [9.17, 15) is 9.59 Å². The molecule has 0 bridgehead atoms. The Morgan fingerprint density at radius 1 is 0.969 bits per heavy atom. The summed E-state index contributed by atoms with van der Waals surface area (Å²) < 4.78 is 35.2. The van der Waals surface area contributed by atoms with E-state index in [0.717, 1.165) is 108 Å². The van der Waals surface area contributed by atoms with Gasteiger partial charge in [-0.2, -0.15) is 15.1 Å². The van der Waals surface area contributed by atoms with Crippen LogP contribution in [0.1, 0.15) is 119 Å². The molecule has 13 heteroatoms. The summed E-state index contributed by atoms with van der Waals surface area (Å²) in [5.74, 6) is 0.704. The van der Waals surface area contributed by atoms with Crippen molar-refractivity contribution in [3.8, 4) is 22.9 Å². The Morgan fingerprint density at radius 3 is 2.38 bits per heavy atom. The molecule has 12 nitrogen and oxygen atoms in total. The van der Waals surface area contributed by atoms with E-state index in [4.69, 9.17) is 24.2 Å². The highest BCUT2D eigenvalue weighted by molar-refractivity contribution is 6.04. The number of hydrogen-bond acceptors (Lipinski definition) is 10. The zero-order valence-electron chi connectivity index (χ0n) is 38.4. The standard InChI is InChI=1S/C51H62FN7O5/c1-29(2)46-38-24-37(34-15-16-34)45(44-31(5)40(52)25-41-39(44)26-53-56-41)49(47(38)55-51(54-46)64-36-17-22-62-23-18-36)63-28-33-11-13-35(14-12-33)43(58-19-9-20-58)27-57(7)48(30(3)4)50(61)59-21-8-10-42(59)32(6)60/h11-14,24-27,29-30,34,36,42,48H,8-10,15-23,28H2,1-7H3,(H,53,56)/b43-27-. The number of hydrogen-bond donors (Lipinski definition) is 1. The lowest BCUT2D eigenvalue weighted by Crippen LogP contribution is -2.51. The van der Waals surface area contributed by atoms with Crippen LogP contribution in [0.15, 0.2) is 48.8 Å². The average Bonchev–Trinajstić information content (AvgIpc) is 3.78. The Balaban J connectivity index is 1.10. The third-order valence-electron chi connectivity index (χ3n) is 13.7. The van der Waals surface area contributed by atoms with E-state index in [1.807, 2.05) is 18.9 Å². The predicted octanol–water partition coefficient (Wildman–Crippen LogP) is 9.30. The topological polar surface area (TPSA) is 126 Å². The Bertz CT molecular complexity index is 2570. The third-order valence-corrected chi connectivity index (χ3v) is 13.7. The number of ketones is 1. The first kappa shape index (κ1) is 43.7. The summed E-state index contributed by atoms with van der Waals surface area (Å²) >= 11 is 0. The van der Waals surface area contributed by atoms with E-state index in [-0.39, 0.29) is 54.0 Å². The number of fused-ring (bicyclic) bond motifs is 2. The number of carbonyl (C=O) groups is 2. The first-order valence-corrected chi connectivity index (χ1v) is 23.3. The highest BCUT2D eigenvalue weighted by atomic mass is 19.1. The van der Waals surface area contributed by atoms with Gasteiger partial charge >= 0.3 is 6.01 Å². The van der Waals surface area contributed by atoms with Crippen molar-refractivity contribution in [1.29, 1.82) is 0 Å². The molecular formula is C51H62FN7O5. The van der Waals surface area contributed by atoms with Crippen LogP contribution in [0.3, 0.4) is 0 Å². The fourth-order valence-corrected chi connectivity index (χ4v) is 9.94. The monoisotopic (exact) mass is 871 g/mol. The van der Waals surface area contributed by atoms with Crippen molar-refractivity contribution in [3.63, 3.8) is 0 Å². The number of rotatable bonds is 15. The molecule has 3 saturated heterocycles. The lowest BCUT2D eigenvalue weighted by Gasteiger charge is -2.39. The van der Waals surface area contributed by atoms with Gasteiger partial charge in [0.15, 0.2) is 11.5 Å². The number of likely N-dealkylation sites (tertiary alicyclic amines) is 2. The van der Waals surface area contributed by atoms with Gasteiger partial charge in [-0.3, -0.25) is 14.7 Å². The highest BCUT2D eigenvalue weighted by Crippen LogP contribution is 2.53. The molecule has 5 aromatic rings. The van der Waals surface area contributed by atoms with E-state index in [1.54, 1.807) is 18.0 Å². The van der Waals surface area contributed by atoms with Crippen LogP contribution in [-0.2, 0) is 20.9 Å². The molecule has 4 aliphatic rings.